The number of hydrogen-bond donors (Lipinski definition) is 0. The Morgan fingerprint density at radius 2 is 2.04 bits per heavy atom. The quantitative estimate of drug-likeness (QED) is 0.826. The van der Waals surface area contributed by atoms with E-state index in [2.05, 4.69) is 10.1 Å². The highest BCUT2D eigenvalue weighted by Crippen LogP contribution is 2.36. The number of aryl methyl sites for hydroxylation is 2. The van der Waals surface area contributed by atoms with E-state index in [0.29, 0.717) is 17.3 Å². The van der Waals surface area contributed by atoms with Crippen LogP contribution in [0.1, 0.15) is 36.3 Å². The molecule has 1 amide bonds. The van der Waals surface area contributed by atoms with Crippen LogP contribution in [0.2, 0.25) is 5.02 Å². The molecular formula is C18H22ClN3O2. The van der Waals surface area contributed by atoms with Gasteiger partial charge >= 0.3 is 0 Å². The highest BCUT2D eigenvalue weighted by molar-refractivity contribution is 6.31. The summed E-state index contributed by atoms with van der Waals surface area (Å²) in [6.45, 7) is 7.20. The van der Waals surface area contributed by atoms with E-state index in [-0.39, 0.29) is 11.8 Å². The molecule has 128 valence electrons. The van der Waals surface area contributed by atoms with Gasteiger partial charge in [-0.2, -0.15) is 0 Å². The summed E-state index contributed by atoms with van der Waals surface area (Å²) in [6.07, 6.45) is 0.906. The summed E-state index contributed by atoms with van der Waals surface area (Å²) in [5, 5.41) is 4.61. The Hall–Kier alpha value is -2.01. The second kappa shape index (κ2) is 6.48. The predicted molar refractivity (Wildman–Crippen MR) is 96.1 cm³/mol. The van der Waals surface area contributed by atoms with Crippen LogP contribution in [0, 0.1) is 13.8 Å². The average molecular weight is 348 g/mol. The molecule has 1 unspecified atom stereocenters. The van der Waals surface area contributed by atoms with E-state index in [9.17, 15) is 4.79 Å². The van der Waals surface area contributed by atoms with Crippen molar-refractivity contribution in [2.24, 2.45) is 0 Å². The van der Waals surface area contributed by atoms with Crippen LogP contribution in [0.3, 0.4) is 0 Å². The van der Waals surface area contributed by atoms with E-state index in [1.165, 1.54) is 0 Å². The zero-order valence-electron chi connectivity index (χ0n) is 14.5. The van der Waals surface area contributed by atoms with Crippen molar-refractivity contribution in [2.45, 2.75) is 33.1 Å². The molecule has 2 heterocycles. The third-order valence-electron chi connectivity index (χ3n) is 4.67. The van der Waals surface area contributed by atoms with Gasteiger partial charge < -0.3 is 14.3 Å². The van der Waals surface area contributed by atoms with Gasteiger partial charge in [0.2, 0.25) is 5.91 Å². The van der Waals surface area contributed by atoms with Gasteiger partial charge in [-0.3, -0.25) is 4.79 Å². The van der Waals surface area contributed by atoms with Crippen molar-refractivity contribution in [3.05, 3.63) is 40.2 Å². The smallest absolute Gasteiger partial charge is 0.234 e. The molecule has 3 rings (SSSR count). The Bertz CT molecular complexity index is 752. The van der Waals surface area contributed by atoms with Crippen LogP contribution >= 0.6 is 11.6 Å². The summed E-state index contributed by atoms with van der Waals surface area (Å²) in [6, 6.07) is 5.71. The molecular weight excluding hydrogens is 326 g/mol. The van der Waals surface area contributed by atoms with Crippen LogP contribution in [-0.4, -0.2) is 31.2 Å². The van der Waals surface area contributed by atoms with Gasteiger partial charge in [0.05, 0.1) is 23.0 Å². The number of hydrogen-bond acceptors (Lipinski definition) is 4. The second-order valence-electron chi connectivity index (χ2n) is 6.36. The molecule has 0 bridgehead atoms. The number of amides is 1. The molecule has 0 N–H and O–H groups in total. The van der Waals surface area contributed by atoms with Gasteiger partial charge in [-0.05, 0) is 45.4 Å². The van der Waals surface area contributed by atoms with Crippen molar-refractivity contribution in [3.8, 4) is 0 Å². The van der Waals surface area contributed by atoms with Gasteiger partial charge in [0.15, 0.2) is 0 Å². The van der Waals surface area contributed by atoms with E-state index in [0.717, 1.165) is 35.6 Å². The van der Waals surface area contributed by atoms with E-state index < -0.39 is 0 Å². The maximum atomic E-state index is 13.2. The van der Waals surface area contributed by atoms with Crippen LogP contribution in [0.4, 0.5) is 11.4 Å². The predicted octanol–water partition coefficient (Wildman–Crippen LogP) is 3.92. The molecule has 5 nitrogen and oxygen atoms in total. The maximum absolute atomic E-state index is 13.2. The molecule has 0 saturated carbocycles. The van der Waals surface area contributed by atoms with E-state index in [4.69, 9.17) is 16.1 Å². The molecule has 24 heavy (non-hydrogen) atoms. The van der Waals surface area contributed by atoms with Gasteiger partial charge in [-0.15, -0.1) is 0 Å². The minimum atomic E-state index is -0.313. The number of halogens is 1. The molecule has 1 aliphatic rings. The lowest BCUT2D eigenvalue weighted by molar-refractivity contribution is -0.119. The summed E-state index contributed by atoms with van der Waals surface area (Å²) in [7, 11) is 2.04. The number of carbonyl (C=O) groups excluding carboxylic acids is 1. The number of fused-ring (bicyclic) bond motifs is 1. The third-order valence-corrected chi connectivity index (χ3v) is 4.91. The zero-order valence-corrected chi connectivity index (χ0v) is 15.2. The Balaban J connectivity index is 2.01. The first-order valence-electron chi connectivity index (χ1n) is 8.15. The fraction of sp³-hybridized carbons (Fsp3) is 0.444. The molecule has 0 saturated heterocycles. The Morgan fingerprint density at radius 1 is 1.29 bits per heavy atom. The van der Waals surface area contributed by atoms with Crippen LogP contribution in [0.5, 0.6) is 0 Å². The van der Waals surface area contributed by atoms with E-state index in [1.807, 2.05) is 50.9 Å². The Morgan fingerprint density at radius 3 is 2.71 bits per heavy atom. The molecule has 1 atom stereocenters. The van der Waals surface area contributed by atoms with Gasteiger partial charge in [0.25, 0.3) is 0 Å². The lowest BCUT2D eigenvalue weighted by Crippen LogP contribution is -2.35. The molecule has 1 aliphatic heterocycles. The number of benzene rings is 1. The Labute approximate surface area is 147 Å². The van der Waals surface area contributed by atoms with Gasteiger partial charge in [0.1, 0.15) is 5.76 Å². The molecule has 1 aromatic carbocycles. The fourth-order valence-corrected chi connectivity index (χ4v) is 3.60. The normalized spacial score (nSPS) is 15.9. The second-order valence-corrected chi connectivity index (χ2v) is 6.79. The van der Waals surface area contributed by atoms with Gasteiger partial charge in [-0.1, -0.05) is 16.8 Å². The SMILES string of the molecule is Cc1noc(C)c1C(C)C(=O)N1CCCN(C)c2ccc(Cl)cc21. The van der Waals surface area contributed by atoms with Gasteiger partial charge in [-0.25, -0.2) is 0 Å². The molecule has 1 aromatic heterocycles. The van der Waals surface area contributed by atoms with Crippen molar-refractivity contribution >= 4 is 28.9 Å². The zero-order chi connectivity index (χ0) is 17.4. The summed E-state index contributed by atoms with van der Waals surface area (Å²) in [5.41, 5.74) is 3.54. The minimum Gasteiger partial charge on any atom is -0.373 e. The molecule has 6 heteroatoms. The van der Waals surface area contributed by atoms with Crippen molar-refractivity contribution in [1.29, 1.82) is 0 Å². The number of carbonyl (C=O) groups is 1. The van der Waals surface area contributed by atoms with Gasteiger partial charge in [0, 0.05) is 30.7 Å². The molecule has 0 fully saturated rings. The van der Waals surface area contributed by atoms with E-state index >= 15 is 0 Å². The Kier molecular flexibility index (Phi) is 4.54. The van der Waals surface area contributed by atoms with Crippen LogP contribution in [0.15, 0.2) is 22.7 Å². The van der Waals surface area contributed by atoms with Crippen LogP contribution in [-0.2, 0) is 4.79 Å². The minimum absolute atomic E-state index is 0.0446. The molecule has 0 aliphatic carbocycles. The summed E-state index contributed by atoms with van der Waals surface area (Å²) in [4.78, 5) is 17.2. The largest absolute Gasteiger partial charge is 0.373 e. The lowest BCUT2D eigenvalue weighted by Gasteiger charge is -2.27. The summed E-state index contributed by atoms with van der Waals surface area (Å²) in [5.74, 6) is 0.432. The summed E-state index contributed by atoms with van der Waals surface area (Å²) < 4.78 is 5.23. The maximum Gasteiger partial charge on any atom is 0.234 e. The first-order chi connectivity index (χ1) is 11.4. The number of aromatic nitrogens is 1. The van der Waals surface area contributed by atoms with E-state index in [1.54, 1.807) is 0 Å². The average Bonchev–Trinajstić information content (AvgIpc) is 2.79. The van der Waals surface area contributed by atoms with Crippen molar-refractivity contribution in [2.75, 3.05) is 29.9 Å². The molecule has 0 radical (unpaired) electrons. The molecule has 2 aromatic rings. The lowest BCUT2D eigenvalue weighted by atomic mass is 9.97. The van der Waals surface area contributed by atoms with Crippen LogP contribution < -0.4 is 9.80 Å². The topological polar surface area (TPSA) is 49.6 Å². The number of rotatable bonds is 2. The van der Waals surface area contributed by atoms with Crippen LogP contribution in [0.25, 0.3) is 0 Å². The fourth-order valence-electron chi connectivity index (χ4n) is 3.44. The third kappa shape index (κ3) is 2.88. The monoisotopic (exact) mass is 347 g/mol. The standard InChI is InChI=1S/C18H22ClN3O2/c1-11(17-12(2)20-24-13(17)3)18(23)22-9-5-8-21(4)15-7-6-14(19)10-16(15)22/h6-7,10-11H,5,8-9H2,1-4H3. The highest BCUT2D eigenvalue weighted by Gasteiger charge is 2.30. The van der Waals surface area contributed by atoms with Crippen molar-refractivity contribution in [3.63, 3.8) is 0 Å². The number of anilines is 2. The highest BCUT2D eigenvalue weighted by atomic mass is 35.5. The first-order valence-corrected chi connectivity index (χ1v) is 8.52. The van der Waals surface area contributed by atoms with Crippen molar-refractivity contribution < 1.29 is 9.32 Å². The number of nitrogens with zero attached hydrogens (tertiary/aromatic N) is 3. The first kappa shape index (κ1) is 16.8. The van der Waals surface area contributed by atoms with Crippen molar-refractivity contribution in [1.82, 2.24) is 5.16 Å². The molecule has 0 spiro atoms. The summed E-state index contributed by atoms with van der Waals surface area (Å²) >= 11 is 6.20.